The maximum atomic E-state index is 13.1. The average Bonchev–Trinajstić information content (AvgIpc) is 3.25. The van der Waals surface area contributed by atoms with E-state index in [9.17, 15) is 36.3 Å². The minimum absolute atomic E-state index is 0.00390. The maximum Gasteiger partial charge on any atom is 0.401 e. The van der Waals surface area contributed by atoms with Crippen molar-refractivity contribution >= 4 is 52.0 Å². The number of amides is 3. The summed E-state index contributed by atoms with van der Waals surface area (Å²) < 4.78 is 75.2. The van der Waals surface area contributed by atoms with Crippen molar-refractivity contribution in [2.45, 2.75) is 18.8 Å². The summed E-state index contributed by atoms with van der Waals surface area (Å²) in [6, 6.07) is 4.94. The molecule has 38 heavy (non-hydrogen) atoms. The second-order valence-electron chi connectivity index (χ2n) is 8.01. The number of anilines is 2. The van der Waals surface area contributed by atoms with Gasteiger partial charge in [-0.25, -0.2) is 0 Å². The van der Waals surface area contributed by atoms with Gasteiger partial charge in [-0.2, -0.15) is 22.0 Å². The summed E-state index contributed by atoms with van der Waals surface area (Å²) in [6.45, 7) is -5.26. The first-order valence-corrected chi connectivity index (χ1v) is 12.1. The third-order valence-corrected chi connectivity index (χ3v) is 6.47. The fourth-order valence-corrected chi connectivity index (χ4v) is 4.52. The van der Waals surface area contributed by atoms with E-state index in [0.717, 1.165) is 24.5 Å². The number of benzene rings is 1. The first-order valence-electron chi connectivity index (χ1n) is 10.9. The van der Waals surface area contributed by atoms with Gasteiger partial charge < -0.3 is 25.0 Å². The topological polar surface area (TPSA) is 100 Å². The fourth-order valence-electron chi connectivity index (χ4n) is 3.56. The highest BCUT2D eigenvalue weighted by atomic mass is 35.5. The number of morpholine rings is 1. The molecule has 1 aliphatic heterocycles. The van der Waals surface area contributed by atoms with Crippen molar-refractivity contribution in [1.82, 2.24) is 10.2 Å². The van der Waals surface area contributed by atoms with Crippen LogP contribution in [-0.2, 0) is 14.3 Å². The molecule has 0 saturated carbocycles. The Morgan fingerprint density at radius 2 is 2.00 bits per heavy atom. The Kier molecular flexibility index (Phi) is 9.87. The van der Waals surface area contributed by atoms with Crippen LogP contribution in [-0.4, -0.2) is 81.3 Å². The highest BCUT2D eigenvalue weighted by Crippen LogP contribution is 2.34. The Morgan fingerprint density at radius 3 is 2.61 bits per heavy atom. The molecule has 0 bridgehead atoms. The number of alkyl halides is 5. The third kappa shape index (κ3) is 8.24. The first kappa shape index (κ1) is 29.5. The molecule has 208 valence electrons. The van der Waals surface area contributed by atoms with Crippen LogP contribution < -0.4 is 20.3 Å². The molecule has 1 atom stereocenters. The van der Waals surface area contributed by atoms with Gasteiger partial charge in [-0.1, -0.05) is 11.6 Å². The van der Waals surface area contributed by atoms with Crippen LogP contribution in [0.15, 0.2) is 30.3 Å². The molecule has 1 aliphatic rings. The number of nitrogens with zero attached hydrogens (tertiary/aromatic N) is 2. The molecule has 2 aromatic rings. The van der Waals surface area contributed by atoms with E-state index < -0.39 is 55.4 Å². The number of likely N-dealkylation sites (N-methyl/N-ethyl adjacent to an activating group) is 1. The van der Waals surface area contributed by atoms with Crippen LogP contribution in [0, 0.1) is 0 Å². The molecule has 0 spiro atoms. The van der Waals surface area contributed by atoms with E-state index in [4.69, 9.17) is 16.3 Å². The van der Waals surface area contributed by atoms with Crippen molar-refractivity contribution in [3.05, 3.63) is 39.5 Å². The molecule has 2 heterocycles. The van der Waals surface area contributed by atoms with Crippen LogP contribution in [0.3, 0.4) is 0 Å². The predicted molar refractivity (Wildman–Crippen MR) is 129 cm³/mol. The Morgan fingerprint density at radius 1 is 1.26 bits per heavy atom. The Bertz CT molecular complexity index is 1170. The molecule has 16 heteroatoms. The van der Waals surface area contributed by atoms with Crippen molar-refractivity contribution in [2.75, 3.05) is 50.1 Å². The van der Waals surface area contributed by atoms with Gasteiger partial charge in [0.2, 0.25) is 5.91 Å². The summed E-state index contributed by atoms with van der Waals surface area (Å²) in [5.41, 5.74) is -0.0823. The minimum Gasteiger partial charge on any atom is -0.433 e. The zero-order valence-corrected chi connectivity index (χ0v) is 21.3. The van der Waals surface area contributed by atoms with Gasteiger partial charge >= 0.3 is 12.8 Å². The molecule has 0 aliphatic carbocycles. The van der Waals surface area contributed by atoms with E-state index in [0.29, 0.717) is 9.24 Å². The second kappa shape index (κ2) is 12.7. The van der Waals surface area contributed by atoms with E-state index in [2.05, 4.69) is 15.4 Å². The van der Waals surface area contributed by atoms with Crippen LogP contribution >= 0.6 is 22.9 Å². The highest BCUT2D eigenvalue weighted by Gasteiger charge is 2.35. The Balaban J connectivity index is 1.81. The maximum absolute atomic E-state index is 13.1. The summed E-state index contributed by atoms with van der Waals surface area (Å²) >= 11 is 6.74. The lowest BCUT2D eigenvalue weighted by Crippen LogP contribution is -2.51. The molecule has 0 radical (unpaired) electrons. The third-order valence-electron chi connectivity index (χ3n) is 5.24. The van der Waals surface area contributed by atoms with Crippen molar-refractivity contribution in [3.63, 3.8) is 0 Å². The summed E-state index contributed by atoms with van der Waals surface area (Å²) in [7, 11) is 1.05. The molecule has 0 unspecified atom stereocenters. The van der Waals surface area contributed by atoms with Gasteiger partial charge in [0.1, 0.15) is 12.6 Å². The summed E-state index contributed by atoms with van der Waals surface area (Å²) in [4.78, 5) is 39.6. The number of rotatable bonds is 10. The normalized spacial score (nSPS) is 15.1. The van der Waals surface area contributed by atoms with Gasteiger partial charge in [0, 0.05) is 24.8 Å². The van der Waals surface area contributed by atoms with Crippen LogP contribution in [0.5, 0.6) is 5.75 Å². The van der Waals surface area contributed by atoms with E-state index in [1.807, 2.05) is 0 Å². The number of carbonyl (C=O) groups is 3. The second-order valence-corrected chi connectivity index (χ2v) is 9.72. The zero-order chi connectivity index (χ0) is 28.0. The standard InChI is InChI=1S/C22H22ClF5N4O5S/c1-31(11-22(26,27)28)14(9-29-20(35)16-4-5-17(23)38-16)19(34)30-12-2-3-13(15(8-12)37-21(24)25)32-6-7-36-10-18(32)33/h2-5,8,14,21H,6-7,9-11H2,1H3,(H,29,35)(H,30,34)/t14-/m0/s1. The number of nitrogens with one attached hydrogen (secondary N) is 2. The molecule has 1 aromatic heterocycles. The molecule has 2 N–H and O–H groups in total. The smallest absolute Gasteiger partial charge is 0.401 e. The Labute approximate surface area is 222 Å². The van der Waals surface area contributed by atoms with Crippen molar-refractivity contribution in [1.29, 1.82) is 0 Å². The van der Waals surface area contributed by atoms with Gasteiger partial charge in [0.25, 0.3) is 11.8 Å². The Hall–Kier alpha value is -3.01. The lowest BCUT2D eigenvalue weighted by molar-refractivity contribution is -0.150. The SMILES string of the molecule is CN(CC(F)(F)F)[C@@H](CNC(=O)c1ccc(Cl)s1)C(=O)Nc1ccc(N2CCOCC2=O)c(OC(F)F)c1. The average molecular weight is 585 g/mol. The van der Waals surface area contributed by atoms with Crippen LogP contribution in [0.4, 0.5) is 33.3 Å². The van der Waals surface area contributed by atoms with Crippen LogP contribution in [0.1, 0.15) is 9.67 Å². The summed E-state index contributed by atoms with van der Waals surface area (Å²) in [5.74, 6) is -2.54. The highest BCUT2D eigenvalue weighted by molar-refractivity contribution is 7.18. The summed E-state index contributed by atoms with van der Waals surface area (Å²) in [5, 5.41) is 4.76. The lowest BCUT2D eigenvalue weighted by Gasteiger charge is -2.29. The fraction of sp³-hybridized carbons (Fsp3) is 0.409. The largest absolute Gasteiger partial charge is 0.433 e. The van der Waals surface area contributed by atoms with E-state index in [1.54, 1.807) is 0 Å². The number of ether oxygens (including phenoxy) is 2. The lowest BCUT2D eigenvalue weighted by atomic mass is 10.2. The molecular weight excluding hydrogens is 563 g/mol. The van der Waals surface area contributed by atoms with Crippen LogP contribution in [0.25, 0.3) is 0 Å². The molecule has 3 rings (SSSR count). The minimum atomic E-state index is -4.65. The molecule has 1 aromatic carbocycles. The number of thiophene rings is 1. The molecule has 9 nitrogen and oxygen atoms in total. The van der Waals surface area contributed by atoms with Crippen molar-refractivity contribution < 1.29 is 45.8 Å². The van der Waals surface area contributed by atoms with Crippen molar-refractivity contribution in [2.24, 2.45) is 0 Å². The summed E-state index contributed by atoms with van der Waals surface area (Å²) in [6.07, 6.45) is -4.65. The van der Waals surface area contributed by atoms with E-state index >= 15 is 0 Å². The van der Waals surface area contributed by atoms with E-state index in [1.165, 1.54) is 29.2 Å². The van der Waals surface area contributed by atoms with Gasteiger partial charge in [-0.3, -0.25) is 19.3 Å². The molecule has 1 saturated heterocycles. The number of hydrogen-bond donors (Lipinski definition) is 2. The number of halogens is 6. The van der Waals surface area contributed by atoms with Gasteiger partial charge in [0.05, 0.1) is 28.1 Å². The zero-order valence-electron chi connectivity index (χ0n) is 19.7. The number of carbonyl (C=O) groups excluding carboxylic acids is 3. The van der Waals surface area contributed by atoms with Gasteiger partial charge in [0.15, 0.2) is 5.75 Å². The van der Waals surface area contributed by atoms with Crippen LogP contribution in [0.2, 0.25) is 4.34 Å². The van der Waals surface area contributed by atoms with Gasteiger partial charge in [-0.15, -0.1) is 11.3 Å². The molecule has 3 amide bonds. The monoisotopic (exact) mass is 584 g/mol. The predicted octanol–water partition coefficient (Wildman–Crippen LogP) is 3.60. The molecule has 1 fully saturated rings. The van der Waals surface area contributed by atoms with Crippen molar-refractivity contribution in [3.8, 4) is 5.75 Å². The van der Waals surface area contributed by atoms with Gasteiger partial charge in [-0.05, 0) is 31.3 Å². The number of hydrogen-bond acceptors (Lipinski definition) is 7. The quantitative estimate of drug-likeness (QED) is 0.414. The van der Waals surface area contributed by atoms with E-state index in [-0.39, 0.29) is 36.0 Å². The first-order chi connectivity index (χ1) is 17.8. The molecular formula is C22H22ClF5N4O5S.